The van der Waals surface area contributed by atoms with Gasteiger partial charge >= 0.3 is 6.18 Å². The highest BCUT2D eigenvalue weighted by atomic mass is 19.4. The molecule has 0 unspecified atom stereocenters. The molecule has 1 aliphatic carbocycles. The standard InChI is InChI=1S/C27H24F4N4O3/c1-15-11-16(5-8-19(15)26(37)34-17-6-7-17)22-13-33-25-21(32-10-9-27(29,30)31)12-18(14-35(22)25)38-23-4-2-3-20(28)24(23)36/h2-5,8,11-14,17,32,36H,6-7,9-10H2,1H3,(H,34,37). The number of para-hydroxylation sites is 1. The summed E-state index contributed by atoms with van der Waals surface area (Å²) in [6, 6.07) is 10.8. The molecule has 0 radical (unpaired) electrons. The first-order valence-corrected chi connectivity index (χ1v) is 12.0. The first-order chi connectivity index (χ1) is 18.1. The van der Waals surface area contributed by atoms with Crippen molar-refractivity contribution < 1.29 is 32.2 Å². The van der Waals surface area contributed by atoms with Gasteiger partial charge in [-0.25, -0.2) is 9.37 Å². The predicted octanol–water partition coefficient (Wildman–Crippen LogP) is 6.20. The van der Waals surface area contributed by atoms with Crippen molar-refractivity contribution >= 4 is 17.2 Å². The van der Waals surface area contributed by atoms with Crippen molar-refractivity contribution in [2.45, 2.75) is 38.4 Å². The Balaban J connectivity index is 1.53. The van der Waals surface area contributed by atoms with E-state index in [4.69, 9.17) is 4.74 Å². The Morgan fingerprint density at radius 1 is 1.21 bits per heavy atom. The Morgan fingerprint density at radius 3 is 2.71 bits per heavy atom. The molecule has 0 spiro atoms. The molecule has 3 N–H and O–H groups in total. The molecule has 2 heterocycles. The Bertz CT molecular complexity index is 1510. The molecule has 7 nitrogen and oxygen atoms in total. The molecular formula is C27H24F4N4O3. The van der Waals surface area contributed by atoms with Gasteiger partial charge in [-0.3, -0.25) is 9.20 Å². The van der Waals surface area contributed by atoms with E-state index in [0.717, 1.165) is 24.5 Å². The van der Waals surface area contributed by atoms with Crippen LogP contribution in [0.1, 0.15) is 35.2 Å². The normalized spacial score (nSPS) is 13.5. The molecule has 0 bridgehead atoms. The van der Waals surface area contributed by atoms with Gasteiger partial charge in [0.15, 0.2) is 23.0 Å². The molecule has 0 atom stereocenters. The molecule has 198 valence electrons. The number of carbonyl (C=O) groups is 1. The van der Waals surface area contributed by atoms with Gasteiger partial charge in [-0.05, 0) is 49.6 Å². The maximum Gasteiger partial charge on any atom is 0.390 e. The smallest absolute Gasteiger partial charge is 0.390 e. The lowest BCUT2D eigenvalue weighted by molar-refractivity contribution is -0.131. The van der Waals surface area contributed by atoms with Crippen LogP contribution in [0.5, 0.6) is 17.2 Å². The van der Waals surface area contributed by atoms with Gasteiger partial charge in [0.25, 0.3) is 5.91 Å². The number of carbonyl (C=O) groups excluding carboxylic acids is 1. The largest absolute Gasteiger partial charge is 0.502 e. The number of halogens is 4. The van der Waals surface area contributed by atoms with Crippen LogP contribution in [0.15, 0.2) is 54.9 Å². The Hall–Kier alpha value is -4.28. The van der Waals surface area contributed by atoms with Gasteiger partial charge in [-0.1, -0.05) is 12.1 Å². The molecule has 1 amide bonds. The Labute approximate surface area is 215 Å². The minimum atomic E-state index is -4.35. The highest BCUT2D eigenvalue weighted by Crippen LogP contribution is 2.36. The van der Waals surface area contributed by atoms with Gasteiger partial charge in [0.1, 0.15) is 5.75 Å². The molecule has 5 rings (SSSR count). The number of hydrogen-bond donors (Lipinski definition) is 3. The van der Waals surface area contributed by atoms with E-state index in [-0.39, 0.29) is 29.1 Å². The maximum atomic E-state index is 13.8. The summed E-state index contributed by atoms with van der Waals surface area (Å²) in [6.07, 6.45) is -0.363. The summed E-state index contributed by atoms with van der Waals surface area (Å²) in [5.74, 6) is -1.74. The third kappa shape index (κ3) is 5.51. The summed E-state index contributed by atoms with van der Waals surface area (Å²) in [5.41, 5.74) is 3.19. The van der Waals surface area contributed by atoms with E-state index in [1.165, 1.54) is 18.2 Å². The molecule has 0 saturated heterocycles. The molecule has 1 fully saturated rings. The topological polar surface area (TPSA) is 87.9 Å². The lowest BCUT2D eigenvalue weighted by Crippen LogP contribution is -2.26. The first kappa shape index (κ1) is 25.4. The van der Waals surface area contributed by atoms with Crippen LogP contribution in [-0.2, 0) is 0 Å². The fraction of sp³-hybridized carbons (Fsp3) is 0.259. The van der Waals surface area contributed by atoms with Crippen LogP contribution in [0.4, 0.5) is 23.2 Å². The second-order valence-electron chi connectivity index (χ2n) is 9.18. The zero-order valence-corrected chi connectivity index (χ0v) is 20.3. The number of anilines is 1. The van der Waals surface area contributed by atoms with Crippen LogP contribution in [0.25, 0.3) is 16.9 Å². The SMILES string of the molecule is Cc1cc(-c2cnc3c(NCCC(F)(F)F)cc(Oc4cccc(F)c4O)cn23)ccc1C(=O)NC1CC1. The first-order valence-electron chi connectivity index (χ1n) is 12.0. The lowest BCUT2D eigenvalue weighted by atomic mass is 10.0. The Morgan fingerprint density at radius 2 is 2.00 bits per heavy atom. The number of pyridine rings is 1. The number of aromatic nitrogens is 2. The number of rotatable bonds is 8. The number of alkyl halides is 3. The third-order valence-electron chi connectivity index (χ3n) is 6.16. The van der Waals surface area contributed by atoms with Crippen molar-refractivity contribution in [1.82, 2.24) is 14.7 Å². The number of ether oxygens (including phenoxy) is 1. The summed E-state index contributed by atoms with van der Waals surface area (Å²) in [5, 5.41) is 15.7. The average molecular weight is 529 g/mol. The van der Waals surface area contributed by atoms with Gasteiger partial charge < -0.3 is 20.5 Å². The van der Waals surface area contributed by atoms with Gasteiger partial charge in [-0.2, -0.15) is 13.2 Å². The van der Waals surface area contributed by atoms with E-state index in [1.54, 1.807) is 28.9 Å². The number of hydrogen-bond acceptors (Lipinski definition) is 5. The van der Waals surface area contributed by atoms with E-state index < -0.39 is 30.7 Å². The molecule has 0 aliphatic heterocycles. The molecule has 38 heavy (non-hydrogen) atoms. The number of phenols is 1. The van der Waals surface area contributed by atoms with Gasteiger partial charge in [-0.15, -0.1) is 0 Å². The number of imidazole rings is 1. The van der Waals surface area contributed by atoms with E-state index in [0.29, 0.717) is 22.5 Å². The summed E-state index contributed by atoms with van der Waals surface area (Å²) >= 11 is 0. The van der Waals surface area contributed by atoms with Crippen LogP contribution in [0.3, 0.4) is 0 Å². The summed E-state index contributed by atoms with van der Waals surface area (Å²) in [7, 11) is 0. The van der Waals surface area contributed by atoms with Crippen molar-refractivity contribution in [2.24, 2.45) is 0 Å². The van der Waals surface area contributed by atoms with Crippen LogP contribution >= 0.6 is 0 Å². The molecule has 1 saturated carbocycles. The minimum absolute atomic E-state index is 0.129. The number of benzene rings is 2. The van der Waals surface area contributed by atoms with E-state index in [2.05, 4.69) is 15.6 Å². The number of amides is 1. The molecule has 2 aromatic carbocycles. The highest BCUT2D eigenvalue weighted by molar-refractivity contribution is 5.96. The summed E-state index contributed by atoms with van der Waals surface area (Å²) in [4.78, 5) is 16.9. The van der Waals surface area contributed by atoms with E-state index >= 15 is 0 Å². The van der Waals surface area contributed by atoms with Crippen LogP contribution < -0.4 is 15.4 Å². The third-order valence-corrected chi connectivity index (χ3v) is 6.16. The number of fused-ring (bicyclic) bond motifs is 1. The van der Waals surface area contributed by atoms with Crippen LogP contribution in [0, 0.1) is 12.7 Å². The number of nitrogens with zero attached hydrogens (tertiary/aromatic N) is 2. The van der Waals surface area contributed by atoms with Gasteiger partial charge in [0.2, 0.25) is 0 Å². The van der Waals surface area contributed by atoms with Crippen molar-refractivity contribution in [3.63, 3.8) is 0 Å². The van der Waals surface area contributed by atoms with Crippen molar-refractivity contribution in [1.29, 1.82) is 0 Å². The average Bonchev–Trinajstić information content (AvgIpc) is 3.56. The van der Waals surface area contributed by atoms with E-state index in [9.17, 15) is 27.5 Å². The second-order valence-corrected chi connectivity index (χ2v) is 9.18. The molecular weight excluding hydrogens is 504 g/mol. The van der Waals surface area contributed by atoms with Crippen LogP contribution in [-0.4, -0.2) is 39.2 Å². The molecule has 1 aliphatic rings. The van der Waals surface area contributed by atoms with Crippen molar-refractivity contribution in [2.75, 3.05) is 11.9 Å². The Kier molecular flexibility index (Phi) is 6.60. The minimum Gasteiger partial charge on any atom is -0.502 e. The number of aromatic hydroxyl groups is 1. The maximum absolute atomic E-state index is 13.8. The number of phenolic OH excluding ortho intramolecular Hbond substituents is 1. The monoisotopic (exact) mass is 528 g/mol. The highest BCUT2D eigenvalue weighted by Gasteiger charge is 2.27. The van der Waals surface area contributed by atoms with Gasteiger partial charge in [0, 0.05) is 29.8 Å². The number of nitrogens with one attached hydrogen (secondary N) is 2. The van der Waals surface area contributed by atoms with Crippen molar-refractivity contribution in [3.05, 3.63) is 71.8 Å². The van der Waals surface area contributed by atoms with E-state index in [1.807, 2.05) is 13.0 Å². The fourth-order valence-corrected chi connectivity index (χ4v) is 4.07. The zero-order chi connectivity index (χ0) is 27.0. The summed E-state index contributed by atoms with van der Waals surface area (Å²) < 4.78 is 59.5. The molecule has 4 aromatic rings. The zero-order valence-electron chi connectivity index (χ0n) is 20.3. The van der Waals surface area contributed by atoms with Gasteiger partial charge in [0.05, 0.1) is 30.2 Å². The van der Waals surface area contributed by atoms with Crippen molar-refractivity contribution in [3.8, 4) is 28.5 Å². The molecule has 11 heteroatoms. The quantitative estimate of drug-likeness (QED) is 0.237. The fourth-order valence-electron chi connectivity index (χ4n) is 4.07. The second kappa shape index (κ2) is 9.88. The number of aryl methyl sites for hydroxylation is 1. The summed E-state index contributed by atoms with van der Waals surface area (Å²) in [6.45, 7) is 1.42. The lowest BCUT2D eigenvalue weighted by Gasteiger charge is -2.14. The molecule has 2 aromatic heterocycles. The predicted molar refractivity (Wildman–Crippen MR) is 133 cm³/mol. The van der Waals surface area contributed by atoms with Crippen LogP contribution in [0.2, 0.25) is 0 Å².